The Labute approximate surface area is 178 Å². The van der Waals surface area contributed by atoms with E-state index in [9.17, 15) is 19.1 Å². The molecule has 2 unspecified atom stereocenters. The fraction of sp³-hybridized carbons (Fsp3) is 0.120. The summed E-state index contributed by atoms with van der Waals surface area (Å²) in [6.45, 7) is 3.50. The van der Waals surface area contributed by atoms with Gasteiger partial charge in [0.05, 0.1) is 5.92 Å². The van der Waals surface area contributed by atoms with Crippen LogP contribution in [0.5, 0.6) is 17.2 Å². The van der Waals surface area contributed by atoms with Gasteiger partial charge in [0.25, 0.3) is 0 Å². The van der Waals surface area contributed by atoms with Crippen LogP contribution in [-0.4, -0.2) is 23.3 Å². The number of phenolic OH excluding ortho intramolecular Hbond substituents is 1. The van der Waals surface area contributed by atoms with Crippen LogP contribution in [0.15, 0.2) is 79.4 Å². The lowest BCUT2D eigenvalue weighted by molar-refractivity contribution is 0.0517. The molecule has 1 aliphatic heterocycles. The Morgan fingerprint density at radius 1 is 1.03 bits per heavy atom. The molecular weight excluding hydrogens is 399 g/mol. The molecule has 3 aromatic rings. The van der Waals surface area contributed by atoms with Gasteiger partial charge < -0.3 is 14.6 Å². The van der Waals surface area contributed by atoms with Crippen LogP contribution in [-0.2, 0) is 0 Å². The summed E-state index contributed by atoms with van der Waals surface area (Å²) in [5.41, 5.74) is 1.42. The summed E-state index contributed by atoms with van der Waals surface area (Å²) in [6.07, 6.45) is 0.525. The third kappa shape index (κ3) is 4.19. The van der Waals surface area contributed by atoms with Crippen LogP contribution in [0, 0.1) is 11.7 Å². The minimum Gasteiger partial charge on any atom is -0.508 e. The van der Waals surface area contributed by atoms with Crippen molar-refractivity contribution in [2.24, 2.45) is 5.92 Å². The molecule has 0 aromatic heterocycles. The van der Waals surface area contributed by atoms with Crippen LogP contribution in [0.3, 0.4) is 0 Å². The van der Waals surface area contributed by atoms with Crippen LogP contribution in [0.2, 0.25) is 0 Å². The lowest BCUT2D eigenvalue weighted by atomic mass is 9.86. The number of ether oxygens (including phenoxy) is 2. The van der Waals surface area contributed by atoms with E-state index in [0.717, 1.165) is 0 Å². The van der Waals surface area contributed by atoms with E-state index in [2.05, 4.69) is 6.58 Å². The maximum Gasteiger partial charge on any atom is 0.185 e. The van der Waals surface area contributed by atoms with Crippen molar-refractivity contribution in [3.8, 4) is 17.2 Å². The molecule has 0 bridgehead atoms. The quantitative estimate of drug-likeness (QED) is 0.455. The minimum absolute atomic E-state index is 0.0321. The first-order valence-corrected chi connectivity index (χ1v) is 9.65. The van der Waals surface area contributed by atoms with Gasteiger partial charge in [-0.3, -0.25) is 9.59 Å². The zero-order chi connectivity index (χ0) is 22.0. The first-order chi connectivity index (χ1) is 15.0. The third-order valence-corrected chi connectivity index (χ3v) is 5.14. The van der Waals surface area contributed by atoms with Crippen LogP contribution >= 0.6 is 0 Å². The van der Waals surface area contributed by atoms with Crippen LogP contribution in [0.1, 0.15) is 32.4 Å². The molecule has 0 saturated heterocycles. The number of rotatable bonds is 6. The van der Waals surface area contributed by atoms with E-state index in [1.165, 1.54) is 42.5 Å². The molecule has 3 aromatic carbocycles. The largest absolute Gasteiger partial charge is 0.508 e. The highest BCUT2D eigenvalue weighted by Gasteiger charge is 2.38. The monoisotopic (exact) mass is 418 g/mol. The number of fused-ring (bicyclic) bond motifs is 1. The average Bonchev–Trinajstić information content (AvgIpc) is 2.79. The lowest BCUT2D eigenvalue weighted by Gasteiger charge is -2.33. The number of Topliss-reactive ketones (excluding diaryl/α,β-unsaturated/α-hetero) is 1. The molecule has 6 heteroatoms. The Bertz CT molecular complexity index is 1140. The van der Waals surface area contributed by atoms with Crippen molar-refractivity contribution in [1.82, 2.24) is 0 Å². The first-order valence-electron chi connectivity index (χ1n) is 9.65. The minimum atomic E-state index is -0.706. The SMILES string of the molecule is C=CC(=O)c1ccc(OC2c3ccc(O)cc3OCC2C(=O)c2ccc(F)cc2)cc1. The molecule has 4 rings (SSSR count). The number of hydrogen-bond acceptors (Lipinski definition) is 5. The van der Waals surface area contributed by atoms with Crippen molar-refractivity contribution < 1.29 is 28.6 Å². The Morgan fingerprint density at radius 3 is 2.39 bits per heavy atom. The molecule has 156 valence electrons. The van der Waals surface area contributed by atoms with E-state index in [4.69, 9.17) is 9.47 Å². The van der Waals surface area contributed by atoms with Gasteiger partial charge in [0.2, 0.25) is 0 Å². The second-order valence-corrected chi connectivity index (χ2v) is 7.14. The van der Waals surface area contributed by atoms with E-state index in [1.807, 2.05) is 0 Å². The number of hydrogen-bond donors (Lipinski definition) is 1. The van der Waals surface area contributed by atoms with Gasteiger partial charge in [0, 0.05) is 22.8 Å². The van der Waals surface area contributed by atoms with Gasteiger partial charge in [-0.05, 0) is 66.7 Å². The van der Waals surface area contributed by atoms with Crippen LogP contribution in [0.25, 0.3) is 0 Å². The van der Waals surface area contributed by atoms with E-state index in [-0.39, 0.29) is 23.9 Å². The van der Waals surface area contributed by atoms with Gasteiger partial charge in [-0.2, -0.15) is 0 Å². The smallest absolute Gasteiger partial charge is 0.185 e. The van der Waals surface area contributed by atoms with Crippen LogP contribution in [0.4, 0.5) is 4.39 Å². The Kier molecular flexibility index (Phi) is 5.54. The Balaban J connectivity index is 1.68. The number of phenols is 1. The fourth-order valence-corrected chi connectivity index (χ4v) is 3.52. The van der Waals surface area contributed by atoms with Crippen molar-refractivity contribution in [3.63, 3.8) is 0 Å². The maximum absolute atomic E-state index is 13.3. The second-order valence-electron chi connectivity index (χ2n) is 7.14. The topological polar surface area (TPSA) is 72.8 Å². The summed E-state index contributed by atoms with van der Waals surface area (Å²) >= 11 is 0. The molecule has 0 spiro atoms. The molecule has 1 heterocycles. The van der Waals surface area contributed by atoms with E-state index in [0.29, 0.717) is 28.2 Å². The molecule has 1 N–H and O–H groups in total. The van der Waals surface area contributed by atoms with E-state index < -0.39 is 17.8 Å². The summed E-state index contributed by atoms with van der Waals surface area (Å²) in [5, 5.41) is 9.79. The van der Waals surface area contributed by atoms with Gasteiger partial charge in [0.15, 0.2) is 11.6 Å². The zero-order valence-corrected chi connectivity index (χ0v) is 16.5. The number of carbonyl (C=O) groups is 2. The fourth-order valence-electron chi connectivity index (χ4n) is 3.52. The van der Waals surface area contributed by atoms with Gasteiger partial charge in [-0.15, -0.1) is 0 Å². The Hall–Kier alpha value is -3.93. The highest BCUT2D eigenvalue weighted by Crippen LogP contribution is 2.41. The molecule has 5 nitrogen and oxygen atoms in total. The highest BCUT2D eigenvalue weighted by molar-refractivity contribution is 6.04. The molecular formula is C25H19FO5. The third-order valence-electron chi connectivity index (χ3n) is 5.14. The number of halogens is 1. The molecule has 0 aliphatic carbocycles. The molecule has 0 amide bonds. The number of ketones is 2. The number of allylic oxidation sites excluding steroid dienone is 1. The lowest BCUT2D eigenvalue weighted by Crippen LogP contribution is -2.35. The standard InChI is InChI=1S/C25H19FO5/c1-2-22(28)15-5-10-19(11-6-15)31-25-20-12-9-18(27)13-23(20)30-14-21(25)24(29)16-3-7-17(26)8-4-16/h2-13,21,25,27H,1,14H2. The van der Waals surface area contributed by atoms with Crippen molar-refractivity contribution in [1.29, 1.82) is 0 Å². The predicted molar refractivity (Wildman–Crippen MR) is 112 cm³/mol. The predicted octanol–water partition coefficient (Wildman–Crippen LogP) is 4.91. The van der Waals surface area contributed by atoms with E-state index >= 15 is 0 Å². The Morgan fingerprint density at radius 2 is 1.71 bits per heavy atom. The van der Waals surface area contributed by atoms with Gasteiger partial charge in [-0.1, -0.05) is 6.58 Å². The molecule has 0 radical (unpaired) electrons. The molecule has 1 aliphatic rings. The van der Waals surface area contributed by atoms with Gasteiger partial charge in [0.1, 0.15) is 35.8 Å². The second kappa shape index (κ2) is 8.44. The normalized spacial score (nSPS) is 17.2. The van der Waals surface area contributed by atoms with Crippen molar-refractivity contribution >= 4 is 11.6 Å². The van der Waals surface area contributed by atoms with Crippen LogP contribution < -0.4 is 9.47 Å². The summed E-state index contributed by atoms with van der Waals surface area (Å²) in [4.78, 5) is 24.9. The van der Waals surface area contributed by atoms with Crippen molar-refractivity contribution in [2.45, 2.75) is 6.10 Å². The number of carbonyl (C=O) groups excluding carboxylic acids is 2. The number of benzene rings is 3. The average molecular weight is 418 g/mol. The van der Waals surface area contributed by atoms with Crippen molar-refractivity contribution in [2.75, 3.05) is 6.61 Å². The molecule has 0 saturated carbocycles. The molecule has 31 heavy (non-hydrogen) atoms. The van der Waals surface area contributed by atoms with E-state index in [1.54, 1.807) is 30.3 Å². The summed E-state index contributed by atoms with van der Waals surface area (Å²) < 4.78 is 25.2. The number of aromatic hydroxyl groups is 1. The summed E-state index contributed by atoms with van der Waals surface area (Å²) in [6, 6.07) is 16.5. The summed E-state index contributed by atoms with van der Waals surface area (Å²) in [5.74, 6) is -0.663. The summed E-state index contributed by atoms with van der Waals surface area (Å²) in [7, 11) is 0. The first kappa shape index (κ1) is 20.3. The van der Waals surface area contributed by atoms with Gasteiger partial charge in [-0.25, -0.2) is 4.39 Å². The molecule has 2 atom stereocenters. The van der Waals surface area contributed by atoms with Gasteiger partial charge >= 0.3 is 0 Å². The zero-order valence-electron chi connectivity index (χ0n) is 16.5. The maximum atomic E-state index is 13.3. The molecule has 0 fully saturated rings. The highest BCUT2D eigenvalue weighted by atomic mass is 19.1. The van der Waals surface area contributed by atoms with Crippen molar-refractivity contribution in [3.05, 3.63) is 102 Å².